The van der Waals surface area contributed by atoms with Gasteiger partial charge in [-0.15, -0.1) is 0 Å². The highest BCUT2D eigenvalue weighted by atomic mass is 32.1. The number of hydrogen-bond acceptors (Lipinski definition) is 4. The Morgan fingerprint density at radius 3 is 2.90 bits per heavy atom. The van der Waals surface area contributed by atoms with E-state index in [1.165, 1.54) is 0 Å². The zero-order valence-electron chi connectivity index (χ0n) is 10.7. The summed E-state index contributed by atoms with van der Waals surface area (Å²) in [5.41, 5.74) is 8.05. The number of carbonyl (C=O) groups excluding carboxylic acids is 1. The summed E-state index contributed by atoms with van der Waals surface area (Å²) in [7, 11) is 0. The number of hydrogen-bond donors (Lipinski definition) is 3. The fourth-order valence-corrected chi connectivity index (χ4v) is 2.41. The predicted octanol–water partition coefficient (Wildman–Crippen LogP) is 1.70. The number of nitrogens with zero attached hydrogens (tertiary/aromatic N) is 1. The van der Waals surface area contributed by atoms with E-state index in [-0.39, 0.29) is 11.7 Å². The van der Waals surface area contributed by atoms with Gasteiger partial charge >= 0.3 is 0 Å². The lowest BCUT2D eigenvalue weighted by Crippen LogP contribution is -2.24. The van der Waals surface area contributed by atoms with Crippen molar-refractivity contribution < 1.29 is 10.0 Å². The molecule has 0 fully saturated rings. The summed E-state index contributed by atoms with van der Waals surface area (Å²) in [5, 5.41) is 18.3. The first-order chi connectivity index (χ1) is 9.69. The van der Waals surface area contributed by atoms with Crippen molar-refractivity contribution in [3.05, 3.63) is 57.8 Å². The standard InChI is InChI=1S/C14H15N3O2S/c15-14(17-19)12-3-1-2-10(6-12)8-16-13(18)7-11-4-5-20-9-11/h1-6,9,19H,7-8H2,(H2,15,17)(H,16,18). The first-order valence-corrected chi connectivity index (χ1v) is 6.98. The number of oxime groups is 1. The fourth-order valence-electron chi connectivity index (χ4n) is 1.74. The van der Waals surface area contributed by atoms with Gasteiger partial charge in [0.25, 0.3) is 0 Å². The van der Waals surface area contributed by atoms with Crippen LogP contribution in [0.25, 0.3) is 0 Å². The van der Waals surface area contributed by atoms with E-state index in [1.807, 2.05) is 22.9 Å². The number of amides is 1. The van der Waals surface area contributed by atoms with Crippen LogP contribution in [0.4, 0.5) is 0 Å². The van der Waals surface area contributed by atoms with E-state index in [2.05, 4.69) is 10.5 Å². The number of nitrogens with two attached hydrogens (primary N) is 1. The Hall–Kier alpha value is -2.34. The van der Waals surface area contributed by atoms with Crippen molar-refractivity contribution in [3.63, 3.8) is 0 Å². The van der Waals surface area contributed by atoms with Crippen molar-refractivity contribution in [2.45, 2.75) is 13.0 Å². The van der Waals surface area contributed by atoms with Gasteiger partial charge in [0.15, 0.2) is 5.84 Å². The minimum absolute atomic E-state index is 0.0300. The van der Waals surface area contributed by atoms with Crippen LogP contribution in [0.1, 0.15) is 16.7 Å². The van der Waals surface area contributed by atoms with E-state index in [4.69, 9.17) is 10.9 Å². The summed E-state index contributed by atoms with van der Waals surface area (Å²) in [5.74, 6) is 0.0223. The largest absolute Gasteiger partial charge is 0.409 e. The lowest BCUT2D eigenvalue weighted by atomic mass is 10.1. The van der Waals surface area contributed by atoms with Crippen molar-refractivity contribution in [1.29, 1.82) is 0 Å². The van der Waals surface area contributed by atoms with Crippen molar-refractivity contribution in [2.75, 3.05) is 0 Å². The molecule has 0 bridgehead atoms. The maximum Gasteiger partial charge on any atom is 0.224 e. The molecule has 1 amide bonds. The molecule has 20 heavy (non-hydrogen) atoms. The maximum atomic E-state index is 11.8. The topological polar surface area (TPSA) is 87.7 Å². The second-order valence-electron chi connectivity index (χ2n) is 4.27. The minimum atomic E-state index is -0.0300. The Labute approximate surface area is 120 Å². The predicted molar refractivity (Wildman–Crippen MR) is 78.8 cm³/mol. The molecule has 6 heteroatoms. The van der Waals surface area contributed by atoms with Gasteiger partial charge in [0.2, 0.25) is 5.91 Å². The first kappa shape index (κ1) is 14.1. The smallest absolute Gasteiger partial charge is 0.224 e. The van der Waals surface area contributed by atoms with Crippen LogP contribution in [0, 0.1) is 0 Å². The molecule has 0 saturated carbocycles. The number of carbonyl (C=O) groups is 1. The Bertz CT molecular complexity index is 609. The molecule has 5 nitrogen and oxygen atoms in total. The van der Waals surface area contributed by atoms with Gasteiger partial charge in [-0.1, -0.05) is 23.4 Å². The van der Waals surface area contributed by atoms with Gasteiger partial charge in [0.05, 0.1) is 6.42 Å². The van der Waals surface area contributed by atoms with Gasteiger partial charge in [-0.2, -0.15) is 11.3 Å². The third-order valence-electron chi connectivity index (χ3n) is 2.76. The van der Waals surface area contributed by atoms with Crippen molar-refractivity contribution in [1.82, 2.24) is 5.32 Å². The SMILES string of the molecule is NC(=NO)c1cccc(CNC(=O)Cc2ccsc2)c1. The number of thiophene rings is 1. The van der Waals surface area contributed by atoms with Crippen molar-refractivity contribution >= 4 is 23.1 Å². The Kier molecular flexibility index (Phi) is 4.73. The van der Waals surface area contributed by atoms with E-state index in [9.17, 15) is 4.79 Å². The molecule has 0 atom stereocenters. The number of rotatable bonds is 5. The molecule has 104 valence electrons. The molecular formula is C14H15N3O2S. The molecule has 2 rings (SSSR count). The lowest BCUT2D eigenvalue weighted by molar-refractivity contribution is -0.120. The molecule has 0 aliphatic heterocycles. The molecule has 2 aromatic rings. The molecule has 0 radical (unpaired) electrons. The van der Waals surface area contributed by atoms with Gasteiger partial charge in [0.1, 0.15) is 0 Å². The third kappa shape index (κ3) is 3.83. The van der Waals surface area contributed by atoms with E-state index >= 15 is 0 Å². The zero-order chi connectivity index (χ0) is 14.4. The van der Waals surface area contributed by atoms with Gasteiger partial charge in [0, 0.05) is 12.1 Å². The summed E-state index contributed by atoms with van der Waals surface area (Å²) in [4.78, 5) is 11.8. The lowest BCUT2D eigenvalue weighted by Gasteiger charge is -2.06. The number of benzene rings is 1. The van der Waals surface area contributed by atoms with Crippen LogP contribution in [-0.4, -0.2) is 17.0 Å². The fraction of sp³-hybridized carbons (Fsp3) is 0.143. The van der Waals surface area contributed by atoms with E-state index < -0.39 is 0 Å². The van der Waals surface area contributed by atoms with Crippen LogP contribution >= 0.6 is 11.3 Å². The third-order valence-corrected chi connectivity index (χ3v) is 3.50. The highest BCUT2D eigenvalue weighted by molar-refractivity contribution is 7.07. The molecule has 1 aromatic heterocycles. The monoisotopic (exact) mass is 289 g/mol. The van der Waals surface area contributed by atoms with E-state index in [1.54, 1.807) is 29.5 Å². The Balaban J connectivity index is 1.92. The van der Waals surface area contributed by atoms with Crippen LogP contribution in [0.2, 0.25) is 0 Å². The molecule has 0 aliphatic carbocycles. The molecule has 0 spiro atoms. The van der Waals surface area contributed by atoms with E-state index in [0.717, 1.165) is 11.1 Å². The highest BCUT2D eigenvalue weighted by Gasteiger charge is 2.05. The number of amidine groups is 1. The first-order valence-electron chi connectivity index (χ1n) is 6.03. The maximum absolute atomic E-state index is 11.8. The van der Waals surface area contributed by atoms with Crippen LogP contribution in [-0.2, 0) is 17.8 Å². The van der Waals surface area contributed by atoms with Crippen LogP contribution < -0.4 is 11.1 Å². The van der Waals surface area contributed by atoms with Gasteiger partial charge in [-0.25, -0.2) is 0 Å². The summed E-state index contributed by atoms with van der Waals surface area (Å²) in [6, 6.07) is 9.13. The Morgan fingerprint density at radius 2 is 2.20 bits per heavy atom. The Morgan fingerprint density at radius 1 is 1.35 bits per heavy atom. The summed E-state index contributed by atoms with van der Waals surface area (Å²) >= 11 is 1.57. The van der Waals surface area contributed by atoms with Crippen LogP contribution in [0.5, 0.6) is 0 Å². The summed E-state index contributed by atoms with van der Waals surface area (Å²) in [6.07, 6.45) is 0.378. The molecule has 4 N–H and O–H groups in total. The van der Waals surface area contributed by atoms with Crippen LogP contribution in [0.15, 0.2) is 46.2 Å². The summed E-state index contributed by atoms with van der Waals surface area (Å²) < 4.78 is 0. The molecule has 0 unspecified atom stereocenters. The van der Waals surface area contributed by atoms with Crippen molar-refractivity contribution in [2.24, 2.45) is 10.9 Å². The number of nitrogens with one attached hydrogen (secondary N) is 1. The average Bonchev–Trinajstić information content (AvgIpc) is 2.97. The second kappa shape index (κ2) is 6.72. The van der Waals surface area contributed by atoms with E-state index in [0.29, 0.717) is 18.5 Å². The molecule has 1 heterocycles. The van der Waals surface area contributed by atoms with Gasteiger partial charge < -0.3 is 16.3 Å². The zero-order valence-corrected chi connectivity index (χ0v) is 11.6. The van der Waals surface area contributed by atoms with Crippen molar-refractivity contribution in [3.8, 4) is 0 Å². The second-order valence-corrected chi connectivity index (χ2v) is 5.05. The normalized spacial score (nSPS) is 11.3. The quantitative estimate of drug-likeness (QED) is 0.339. The molecule has 0 aliphatic rings. The average molecular weight is 289 g/mol. The minimum Gasteiger partial charge on any atom is -0.409 e. The van der Waals surface area contributed by atoms with Crippen LogP contribution in [0.3, 0.4) is 0 Å². The molecule has 1 aromatic carbocycles. The summed E-state index contributed by atoms with van der Waals surface area (Å²) in [6.45, 7) is 0.412. The van der Waals surface area contributed by atoms with Gasteiger partial charge in [-0.05, 0) is 34.0 Å². The molecular weight excluding hydrogens is 274 g/mol. The molecule has 0 saturated heterocycles. The van der Waals surface area contributed by atoms with Gasteiger partial charge in [-0.3, -0.25) is 4.79 Å². The highest BCUT2D eigenvalue weighted by Crippen LogP contribution is 2.07.